The first-order valence-electron chi connectivity index (χ1n) is 6.39. The van der Waals surface area contributed by atoms with Crippen molar-refractivity contribution in [3.8, 4) is 5.75 Å². The van der Waals surface area contributed by atoms with Crippen LogP contribution in [0, 0.1) is 0 Å². The second-order valence-corrected chi connectivity index (χ2v) is 4.05. The average Bonchev–Trinajstić information content (AvgIpc) is 2.42. The molecule has 1 N–H and O–H groups in total. The van der Waals surface area contributed by atoms with Crippen LogP contribution in [0.5, 0.6) is 5.75 Å². The van der Waals surface area contributed by atoms with Gasteiger partial charge in [-0.1, -0.05) is 18.2 Å². The zero-order chi connectivity index (χ0) is 13.9. The van der Waals surface area contributed by atoms with Crippen LogP contribution in [0.25, 0.3) is 0 Å². The molecule has 0 aliphatic heterocycles. The van der Waals surface area contributed by atoms with Crippen LogP contribution < -0.4 is 4.74 Å². The summed E-state index contributed by atoms with van der Waals surface area (Å²) in [7, 11) is 0. The van der Waals surface area contributed by atoms with Gasteiger partial charge in [-0.15, -0.1) is 6.58 Å². The minimum absolute atomic E-state index is 0.189. The first-order valence-corrected chi connectivity index (χ1v) is 6.39. The molecular formula is C15H20O4. The predicted octanol–water partition coefficient (Wildman–Crippen LogP) is 3.14. The third-order valence-corrected chi connectivity index (χ3v) is 2.50. The largest absolute Gasteiger partial charge is 0.493 e. The van der Waals surface area contributed by atoms with Crippen molar-refractivity contribution < 1.29 is 19.4 Å². The molecule has 0 aliphatic rings. The molecule has 0 aromatic heterocycles. The van der Waals surface area contributed by atoms with Gasteiger partial charge < -0.3 is 14.6 Å². The van der Waals surface area contributed by atoms with Crippen LogP contribution in [-0.4, -0.2) is 30.9 Å². The SMILES string of the molecule is C=CCCCOCCCOc1ccccc1C(=O)O. The Bertz CT molecular complexity index is 401. The normalized spacial score (nSPS) is 10.1. The number of unbranched alkanes of at least 4 members (excludes halogenated alkanes) is 1. The summed E-state index contributed by atoms with van der Waals surface area (Å²) < 4.78 is 10.9. The Kier molecular flexibility index (Phi) is 7.35. The molecule has 0 heterocycles. The van der Waals surface area contributed by atoms with E-state index in [2.05, 4.69) is 6.58 Å². The first kappa shape index (κ1) is 15.2. The van der Waals surface area contributed by atoms with Crippen molar-refractivity contribution in [3.63, 3.8) is 0 Å². The van der Waals surface area contributed by atoms with Crippen LogP contribution in [-0.2, 0) is 4.74 Å². The molecule has 0 unspecified atom stereocenters. The summed E-state index contributed by atoms with van der Waals surface area (Å²) in [6.07, 6.45) is 4.55. The Balaban J connectivity index is 2.19. The third-order valence-electron chi connectivity index (χ3n) is 2.50. The number of ether oxygens (including phenoxy) is 2. The maximum atomic E-state index is 10.9. The summed E-state index contributed by atoms with van der Waals surface area (Å²) >= 11 is 0. The Morgan fingerprint density at radius 2 is 1.95 bits per heavy atom. The topological polar surface area (TPSA) is 55.8 Å². The number of hydrogen-bond acceptors (Lipinski definition) is 3. The number of benzene rings is 1. The van der Waals surface area contributed by atoms with Gasteiger partial charge in [0.15, 0.2) is 0 Å². The fraction of sp³-hybridized carbons (Fsp3) is 0.400. The fourth-order valence-electron chi connectivity index (χ4n) is 1.54. The number of allylic oxidation sites excluding steroid dienone is 1. The summed E-state index contributed by atoms with van der Waals surface area (Å²) in [4.78, 5) is 10.9. The van der Waals surface area contributed by atoms with Crippen molar-refractivity contribution in [1.29, 1.82) is 0 Å². The number of hydrogen-bond donors (Lipinski definition) is 1. The zero-order valence-corrected chi connectivity index (χ0v) is 11.0. The van der Waals surface area contributed by atoms with E-state index in [1.165, 1.54) is 6.07 Å². The fourth-order valence-corrected chi connectivity index (χ4v) is 1.54. The Labute approximate surface area is 113 Å². The van der Waals surface area contributed by atoms with E-state index < -0.39 is 5.97 Å². The van der Waals surface area contributed by atoms with Gasteiger partial charge in [-0.2, -0.15) is 0 Å². The summed E-state index contributed by atoms with van der Waals surface area (Å²) in [5.41, 5.74) is 0.189. The third kappa shape index (κ3) is 6.06. The van der Waals surface area contributed by atoms with E-state index in [1.54, 1.807) is 18.2 Å². The van der Waals surface area contributed by atoms with Gasteiger partial charge in [0, 0.05) is 19.6 Å². The van der Waals surface area contributed by atoms with Crippen LogP contribution >= 0.6 is 0 Å². The van der Waals surface area contributed by atoms with Crippen LogP contribution in [0.2, 0.25) is 0 Å². The van der Waals surface area contributed by atoms with Gasteiger partial charge >= 0.3 is 5.97 Å². The Morgan fingerprint density at radius 3 is 2.68 bits per heavy atom. The summed E-state index contributed by atoms with van der Waals surface area (Å²) in [6, 6.07) is 6.63. The van der Waals surface area contributed by atoms with Crippen LogP contribution in [0.15, 0.2) is 36.9 Å². The molecule has 4 heteroatoms. The highest BCUT2D eigenvalue weighted by atomic mass is 16.5. The van der Waals surface area contributed by atoms with E-state index >= 15 is 0 Å². The van der Waals surface area contributed by atoms with E-state index in [-0.39, 0.29) is 5.56 Å². The summed E-state index contributed by atoms with van der Waals surface area (Å²) in [5.74, 6) is -0.571. The van der Waals surface area contributed by atoms with Gasteiger partial charge in [-0.05, 0) is 25.0 Å². The second kappa shape index (κ2) is 9.16. The van der Waals surface area contributed by atoms with Crippen molar-refractivity contribution in [2.24, 2.45) is 0 Å². The zero-order valence-electron chi connectivity index (χ0n) is 11.0. The maximum Gasteiger partial charge on any atom is 0.339 e. The number of carbonyl (C=O) groups is 1. The molecule has 0 saturated carbocycles. The quantitative estimate of drug-likeness (QED) is 0.521. The molecule has 104 valence electrons. The number of carboxylic acids is 1. The monoisotopic (exact) mass is 264 g/mol. The van der Waals surface area contributed by atoms with Gasteiger partial charge in [-0.25, -0.2) is 4.79 Å². The Morgan fingerprint density at radius 1 is 1.21 bits per heavy atom. The molecule has 0 atom stereocenters. The van der Waals surface area contributed by atoms with Crippen molar-refractivity contribution in [3.05, 3.63) is 42.5 Å². The van der Waals surface area contributed by atoms with Gasteiger partial charge in [0.05, 0.1) is 6.61 Å². The number of carboxylic acid groups (broad SMARTS) is 1. The maximum absolute atomic E-state index is 10.9. The molecule has 0 fully saturated rings. The standard InChI is InChI=1S/C15H20O4/c1-2-3-6-10-18-11-7-12-19-14-9-5-4-8-13(14)15(16)17/h2,4-5,8-9H,1,3,6-7,10-12H2,(H,16,17). The highest BCUT2D eigenvalue weighted by Gasteiger charge is 2.09. The Hall–Kier alpha value is -1.81. The summed E-state index contributed by atoms with van der Waals surface area (Å²) in [6.45, 7) is 5.43. The molecule has 0 aliphatic carbocycles. The number of para-hydroxylation sites is 1. The van der Waals surface area contributed by atoms with E-state index in [1.807, 2.05) is 6.08 Å². The van der Waals surface area contributed by atoms with E-state index in [4.69, 9.17) is 14.6 Å². The highest BCUT2D eigenvalue weighted by molar-refractivity contribution is 5.90. The lowest BCUT2D eigenvalue weighted by Gasteiger charge is -2.09. The predicted molar refractivity (Wildman–Crippen MR) is 73.8 cm³/mol. The molecule has 0 amide bonds. The molecule has 1 rings (SSSR count). The molecule has 0 saturated heterocycles. The minimum Gasteiger partial charge on any atom is -0.493 e. The minimum atomic E-state index is -0.976. The van der Waals surface area contributed by atoms with Crippen molar-refractivity contribution in [2.45, 2.75) is 19.3 Å². The van der Waals surface area contributed by atoms with Crippen molar-refractivity contribution in [2.75, 3.05) is 19.8 Å². The van der Waals surface area contributed by atoms with Gasteiger partial charge in [0.2, 0.25) is 0 Å². The number of aromatic carboxylic acids is 1. The van der Waals surface area contributed by atoms with Crippen LogP contribution in [0.4, 0.5) is 0 Å². The van der Waals surface area contributed by atoms with Gasteiger partial charge in [0.25, 0.3) is 0 Å². The lowest BCUT2D eigenvalue weighted by atomic mass is 10.2. The van der Waals surface area contributed by atoms with Crippen molar-refractivity contribution in [1.82, 2.24) is 0 Å². The molecule has 1 aromatic rings. The lowest BCUT2D eigenvalue weighted by molar-refractivity contribution is 0.0691. The molecule has 1 aromatic carbocycles. The molecule has 0 bridgehead atoms. The summed E-state index contributed by atoms with van der Waals surface area (Å²) in [5, 5.41) is 8.98. The van der Waals surface area contributed by atoms with Gasteiger partial charge in [-0.3, -0.25) is 0 Å². The lowest BCUT2D eigenvalue weighted by Crippen LogP contribution is -2.07. The van der Waals surface area contributed by atoms with E-state index in [0.29, 0.717) is 19.0 Å². The smallest absolute Gasteiger partial charge is 0.339 e. The van der Waals surface area contributed by atoms with Crippen molar-refractivity contribution >= 4 is 5.97 Å². The average molecular weight is 264 g/mol. The van der Waals surface area contributed by atoms with Crippen LogP contribution in [0.3, 0.4) is 0 Å². The van der Waals surface area contributed by atoms with Crippen LogP contribution in [0.1, 0.15) is 29.6 Å². The molecule has 4 nitrogen and oxygen atoms in total. The van der Waals surface area contributed by atoms with E-state index in [9.17, 15) is 4.79 Å². The molecule has 19 heavy (non-hydrogen) atoms. The highest BCUT2D eigenvalue weighted by Crippen LogP contribution is 2.17. The number of rotatable bonds is 10. The molecule has 0 spiro atoms. The molecule has 0 radical (unpaired) electrons. The van der Waals surface area contributed by atoms with E-state index in [0.717, 1.165) is 25.9 Å². The second-order valence-electron chi connectivity index (χ2n) is 4.05. The molecular weight excluding hydrogens is 244 g/mol. The first-order chi connectivity index (χ1) is 9.25. The van der Waals surface area contributed by atoms with Gasteiger partial charge in [0.1, 0.15) is 11.3 Å².